The summed E-state index contributed by atoms with van der Waals surface area (Å²) in [6.45, 7) is 13.1. The van der Waals surface area contributed by atoms with Crippen molar-refractivity contribution in [3.8, 4) is 0 Å². The van der Waals surface area contributed by atoms with E-state index in [1.54, 1.807) is 31.1 Å². The summed E-state index contributed by atoms with van der Waals surface area (Å²) in [5.41, 5.74) is 2.32. The maximum absolute atomic E-state index is 13.5. The van der Waals surface area contributed by atoms with Crippen molar-refractivity contribution in [2.45, 2.75) is 65.1 Å². The number of rotatable bonds is 5. The van der Waals surface area contributed by atoms with Crippen molar-refractivity contribution in [3.63, 3.8) is 0 Å². The molecular formula is C24H32N6O2. The van der Waals surface area contributed by atoms with Gasteiger partial charge in [0, 0.05) is 37.8 Å². The molecule has 8 heteroatoms. The summed E-state index contributed by atoms with van der Waals surface area (Å²) in [6, 6.07) is 5.61. The molecule has 4 rings (SSSR count). The van der Waals surface area contributed by atoms with Gasteiger partial charge in [-0.3, -0.25) is 9.78 Å². The molecule has 0 aliphatic carbocycles. The Morgan fingerprint density at radius 2 is 1.84 bits per heavy atom. The van der Waals surface area contributed by atoms with Crippen molar-refractivity contribution in [2.24, 2.45) is 0 Å². The quantitative estimate of drug-likeness (QED) is 0.719. The van der Waals surface area contributed by atoms with E-state index in [9.17, 15) is 9.59 Å². The molecule has 3 amide bonds. The van der Waals surface area contributed by atoms with Gasteiger partial charge in [0.1, 0.15) is 11.4 Å². The number of pyridine rings is 2. The summed E-state index contributed by atoms with van der Waals surface area (Å²) >= 11 is 0. The van der Waals surface area contributed by atoms with E-state index in [0.29, 0.717) is 12.2 Å². The fraction of sp³-hybridized carbons (Fsp3) is 0.500. The van der Waals surface area contributed by atoms with Gasteiger partial charge in [0.05, 0.1) is 23.3 Å². The van der Waals surface area contributed by atoms with Crippen LogP contribution in [0.4, 0.5) is 22.0 Å². The molecule has 8 nitrogen and oxygen atoms in total. The fourth-order valence-corrected chi connectivity index (χ4v) is 4.59. The Bertz CT molecular complexity index is 1080. The minimum Gasteiger partial charge on any atom is -0.372 e. The molecule has 0 aromatic carbocycles. The zero-order valence-electron chi connectivity index (χ0n) is 19.9. The Morgan fingerprint density at radius 3 is 2.53 bits per heavy atom. The van der Waals surface area contributed by atoms with Gasteiger partial charge in [0.2, 0.25) is 0 Å². The lowest BCUT2D eigenvalue weighted by molar-refractivity contribution is -0.123. The molecular weight excluding hydrogens is 404 g/mol. The molecule has 2 aliphatic rings. The number of carbonyl (C=O) groups is 2. The zero-order chi connectivity index (χ0) is 23.4. The van der Waals surface area contributed by atoms with Gasteiger partial charge in [-0.2, -0.15) is 0 Å². The van der Waals surface area contributed by atoms with Crippen molar-refractivity contribution in [3.05, 3.63) is 41.9 Å². The van der Waals surface area contributed by atoms with Gasteiger partial charge in [-0.15, -0.1) is 0 Å². The first-order chi connectivity index (χ1) is 14.9. The van der Waals surface area contributed by atoms with Crippen molar-refractivity contribution in [1.29, 1.82) is 0 Å². The Labute approximate surface area is 189 Å². The lowest BCUT2D eigenvalue weighted by atomic mass is 9.91. The molecule has 0 spiro atoms. The second-order valence-electron chi connectivity index (χ2n) is 10.2. The number of anilines is 3. The van der Waals surface area contributed by atoms with Gasteiger partial charge < -0.3 is 15.1 Å². The number of fused-ring (bicyclic) bond motifs is 1. The molecule has 170 valence electrons. The summed E-state index contributed by atoms with van der Waals surface area (Å²) in [7, 11) is 2.01. The van der Waals surface area contributed by atoms with Crippen molar-refractivity contribution < 1.29 is 9.59 Å². The lowest BCUT2D eigenvalue weighted by Crippen LogP contribution is -2.43. The van der Waals surface area contributed by atoms with Crippen LogP contribution in [0.25, 0.3) is 0 Å². The van der Waals surface area contributed by atoms with E-state index in [4.69, 9.17) is 0 Å². The minimum atomic E-state index is -0.976. The first kappa shape index (κ1) is 22.0. The predicted molar refractivity (Wildman–Crippen MR) is 126 cm³/mol. The van der Waals surface area contributed by atoms with Crippen LogP contribution in [0.3, 0.4) is 0 Å². The Morgan fingerprint density at radius 1 is 1.12 bits per heavy atom. The van der Waals surface area contributed by atoms with Crippen LogP contribution < -0.4 is 15.1 Å². The smallest absolute Gasteiger partial charge is 0.332 e. The highest BCUT2D eigenvalue weighted by atomic mass is 16.2. The van der Waals surface area contributed by atoms with Crippen LogP contribution in [0, 0.1) is 0 Å². The number of amides is 3. The Balaban J connectivity index is 1.64. The van der Waals surface area contributed by atoms with E-state index < -0.39 is 5.54 Å². The van der Waals surface area contributed by atoms with Crippen molar-refractivity contribution >= 4 is 29.1 Å². The maximum Gasteiger partial charge on any atom is 0.332 e. The van der Waals surface area contributed by atoms with Gasteiger partial charge in [-0.05, 0) is 51.5 Å². The summed E-state index contributed by atoms with van der Waals surface area (Å²) in [5, 5.41) is 3.28. The third-order valence-corrected chi connectivity index (χ3v) is 6.22. The third kappa shape index (κ3) is 3.57. The number of carbonyl (C=O) groups excluding carboxylic acids is 2. The van der Waals surface area contributed by atoms with Crippen molar-refractivity contribution in [2.75, 3.05) is 28.7 Å². The first-order valence-corrected chi connectivity index (χ1v) is 11.0. The Kier molecular flexibility index (Phi) is 5.14. The zero-order valence-corrected chi connectivity index (χ0v) is 19.9. The van der Waals surface area contributed by atoms with Crippen LogP contribution >= 0.6 is 0 Å². The van der Waals surface area contributed by atoms with Crippen LogP contribution in [0.15, 0.2) is 30.6 Å². The van der Waals surface area contributed by atoms with Gasteiger partial charge in [-0.1, -0.05) is 13.8 Å². The monoisotopic (exact) mass is 436 g/mol. The third-order valence-electron chi connectivity index (χ3n) is 6.22. The SMILES string of the molecule is CC(C)Nc1cc(CN2C(=O)N(c3cnc4c(c3)N(C)CC4(C)C)C(=O)C2(C)C)ccn1. The number of hydrogen-bond donors (Lipinski definition) is 1. The molecule has 0 unspecified atom stereocenters. The van der Waals surface area contributed by atoms with Gasteiger partial charge in [0.15, 0.2) is 0 Å². The highest BCUT2D eigenvalue weighted by Crippen LogP contribution is 2.41. The second kappa shape index (κ2) is 7.46. The molecule has 1 saturated heterocycles. The van der Waals surface area contributed by atoms with E-state index in [2.05, 4.69) is 34.0 Å². The molecule has 0 radical (unpaired) electrons. The first-order valence-electron chi connectivity index (χ1n) is 11.0. The van der Waals surface area contributed by atoms with Crippen LogP contribution in [0.5, 0.6) is 0 Å². The molecule has 2 aromatic heterocycles. The van der Waals surface area contributed by atoms with Crippen LogP contribution in [0.2, 0.25) is 0 Å². The standard InChI is InChI=1S/C24H32N6O2/c1-15(2)27-19-10-16(8-9-25-19)13-29-22(32)30(21(31)24(29,5)6)17-11-18-20(26-12-17)23(3,4)14-28(18)7/h8-12,15H,13-14H2,1-7H3,(H,25,27). The average Bonchev–Trinajstić information content (AvgIpc) is 3.02. The normalized spacial score (nSPS) is 19.2. The van der Waals surface area contributed by atoms with Gasteiger partial charge >= 0.3 is 6.03 Å². The molecule has 0 saturated carbocycles. The molecule has 2 aliphatic heterocycles. The number of urea groups is 1. The van der Waals surface area contributed by atoms with Crippen LogP contribution in [-0.4, -0.2) is 52.0 Å². The van der Waals surface area contributed by atoms with E-state index in [0.717, 1.165) is 29.3 Å². The molecule has 0 atom stereocenters. The number of likely N-dealkylation sites (N-methyl/N-ethyl adjacent to an activating group) is 1. The van der Waals surface area contributed by atoms with E-state index in [-0.39, 0.29) is 23.4 Å². The molecule has 0 bridgehead atoms. The maximum atomic E-state index is 13.5. The number of imide groups is 1. The summed E-state index contributed by atoms with van der Waals surface area (Å²) < 4.78 is 0. The van der Waals surface area contributed by atoms with E-state index in [1.165, 1.54) is 4.90 Å². The van der Waals surface area contributed by atoms with E-state index in [1.807, 2.05) is 39.1 Å². The number of nitrogens with zero attached hydrogens (tertiary/aromatic N) is 5. The average molecular weight is 437 g/mol. The molecule has 2 aromatic rings. The highest BCUT2D eigenvalue weighted by molar-refractivity contribution is 6.23. The second-order valence-corrected chi connectivity index (χ2v) is 10.2. The van der Waals surface area contributed by atoms with Crippen molar-refractivity contribution in [1.82, 2.24) is 14.9 Å². The molecule has 1 N–H and O–H groups in total. The molecule has 32 heavy (non-hydrogen) atoms. The van der Waals surface area contributed by atoms with Crippen LogP contribution in [0.1, 0.15) is 52.8 Å². The summed E-state index contributed by atoms with van der Waals surface area (Å²) in [5.74, 6) is 0.498. The molecule has 4 heterocycles. The number of nitrogens with one attached hydrogen (secondary N) is 1. The lowest BCUT2D eigenvalue weighted by Gasteiger charge is -2.27. The summed E-state index contributed by atoms with van der Waals surface area (Å²) in [6.07, 6.45) is 3.36. The van der Waals surface area contributed by atoms with Crippen LogP contribution in [-0.2, 0) is 16.8 Å². The summed E-state index contributed by atoms with van der Waals surface area (Å²) in [4.78, 5) is 40.8. The molecule has 1 fully saturated rings. The predicted octanol–water partition coefficient (Wildman–Crippen LogP) is 3.77. The Hall–Kier alpha value is -3.16. The fourth-order valence-electron chi connectivity index (χ4n) is 4.59. The minimum absolute atomic E-state index is 0.0734. The van der Waals surface area contributed by atoms with E-state index >= 15 is 0 Å². The topological polar surface area (TPSA) is 81.7 Å². The number of aromatic nitrogens is 2. The highest BCUT2D eigenvalue weighted by Gasteiger charge is 2.52. The largest absolute Gasteiger partial charge is 0.372 e. The van der Waals surface area contributed by atoms with Gasteiger partial charge in [0.25, 0.3) is 5.91 Å². The number of hydrogen-bond acceptors (Lipinski definition) is 6. The van der Waals surface area contributed by atoms with Gasteiger partial charge in [-0.25, -0.2) is 14.7 Å².